The van der Waals surface area contributed by atoms with Gasteiger partial charge in [0.2, 0.25) is 0 Å². The summed E-state index contributed by atoms with van der Waals surface area (Å²) >= 11 is 0. The molecule has 0 atom stereocenters. The van der Waals surface area contributed by atoms with Crippen molar-refractivity contribution < 1.29 is 4.79 Å². The van der Waals surface area contributed by atoms with Crippen LogP contribution < -0.4 is 0 Å². The number of hydrogen-bond donors (Lipinski definition) is 0. The Morgan fingerprint density at radius 2 is 1.19 bits per heavy atom. The zero-order chi connectivity index (χ0) is 15.4. The summed E-state index contributed by atoms with van der Waals surface area (Å²) in [6.07, 6.45) is 30.3. The molecule has 0 saturated carbocycles. The van der Waals surface area contributed by atoms with Crippen molar-refractivity contribution in [3.05, 3.63) is 48.6 Å². The molecule has 0 N–H and O–H groups in total. The minimum Gasteiger partial charge on any atom is -0.291 e. The molecule has 0 fully saturated rings. The summed E-state index contributed by atoms with van der Waals surface area (Å²) < 4.78 is 0. The van der Waals surface area contributed by atoms with Gasteiger partial charge in [-0.2, -0.15) is 0 Å². The van der Waals surface area contributed by atoms with Gasteiger partial charge in [-0.25, -0.2) is 0 Å². The van der Waals surface area contributed by atoms with E-state index in [1.165, 1.54) is 12.8 Å². The topological polar surface area (TPSA) is 17.1 Å². The molecule has 0 aromatic rings. The van der Waals surface area contributed by atoms with E-state index < -0.39 is 0 Å². The standard InChI is InChI=1S/C20H31O/c1-2-3-4-5-6-7-8-9-10-11-12-13-14-15-16-17-18-19-20-21/h3-4,6-7,9-10,12-13H,2,5,8,11,14-19H2,1H3/b4-3+,7-6+,10-9+,13-12+. The number of carbonyl (C=O) groups excluding carboxylic acids is 1. The maximum atomic E-state index is 10.0. The van der Waals surface area contributed by atoms with Crippen LogP contribution in [0.25, 0.3) is 0 Å². The highest BCUT2D eigenvalue weighted by Gasteiger charge is 1.88. The van der Waals surface area contributed by atoms with Gasteiger partial charge in [0, 0.05) is 6.42 Å². The predicted molar refractivity (Wildman–Crippen MR) is 94.1 cm³/mol. The first kappa shape index (κ1) is 19.6. The van der Waals surface area contributed by atoms with E-state index in [0.717, 1.165) is 44.9 Å². The Morgan fingerprint density at radius 1 is 0.667 bits per heavy atom. The molecular formula is C20H31O. The molecule has 1 heteroatoms. The maximum Gasteiger partial charge on any atom is 0.198 e. The van der Waals surface area contributed by atoms with Crippen LogP contribution >= 0.6 is 0 Å². The van der Waals surface area contributed by atoms with Gasteiger partial charge in [-0.3, -0.25) is 4.79 Å². The van der Waals surface area contributed by atoms with Crippen LogP contribution in [0, 0.1) is 0 Å². The molecule has 0 amide bonds. The summed E-state index contributed by atoms with van der Waals surface area (Å²) in [4.78, 5) is 10.0. The minimum absolute atomic E-state index is 0.601. The average molecular weight is 287 g/mol. The lowest BCUT2D eigenvalue weighted by atomic mass is 10.1. The zero-order valence-corrected chi connectivity index (χ0v) is 13.6. The van der Waals surface area contributed by atoms with Crippen molar-refractivity contribution >= 4 is 6.29 Å². The van der Waals surface area contributed by atoms with Crippen molar-refractivity contribution in [2.75, 3.05) is 0 Å². The van der Waals surface area contributed by atoms with E-state index in [9.17, 15) is 4.79 Å². The van der Waals surface area contributed by atoms with Crippen LogP contribution in [-0.2, 0) is 4.79 Å². The first-order chi connectivity index (χ1) is 10.4. The van der Waals surface area contributed by atoms with Crippen LogP contribution in [0.1, 0.15) is 71.1 Å². The van der Waals surface area contributed by atoms with Crippen LogP contribution in [-0.4, -0.2) is 6.29 Å². The Morgan fingerprint density at radius 3 is 1.76 bits per heavy atom. The summed E-state index contributed by atoms with van der Waals surface area (Å²) in [6.45, 7) is 2.16. The van der Waals surface area contributed by atoms with Crippen molar-refractivity contribution in [3.8, 4) is 0 Å². The summed E-state index contributed by atoms with van der Waals surface area (Å²) in [5.41, 5.74) is 0. The molecule has 1 radical (unpaired) electrons. The van der Waals surface area contributed by atoms with Gasteiger partial charge in [0.25, 0.3) is 0 Å². The first-order valence-corrected chi connectivity index (χ1v) is 8.36. The van der Waals surface area contributed by atoms with Crippen LogP contribution in [0.4, 0.5) is 0 Å². The van der Waals surface area contributed by atoms with Crippen molar-refractivity contribution in [3.63, 3.8) is 0 Å². The molecule has 0 aromatic heterocycles. The van der Waals surface area contributed by atoms with Gasteiger partial charge >= 0.3 is 0 Å². The Balaban J connectivity index is 3.32. The van der Waals surface area contributed by atoms with Gasteiger partial charge in [0.1, 0.15) is 0 Å². The smallest absolute Gasteiger partial charge is 0.198 e. The number of hydrogen-bond acceptors (Lipinski definition) is 1. The Kier molecular flexibility index (Phi) is 17.4. The van der Waals surface area contributed by atoms with E-state index in [1.807, 2.05) is 6.29 Å². The van der Waals surface area contributed by atoms with Crippen molar-refractivity contribution in [2.45, 2.75) is 71.1 Å². The van der Waals surface area contributed by atoms with Crippen molar-refractivity contribution in [1.82, 2.24) is 0 Å². The second-order valence-corrected chi connectivity index (χ2v) is 5.10. The highest BCUT2D eigenvalue weighted by molar-refractivity contribution is 5.50. The molecule has 0 aliphatic heterocycles. The molecule has 0 aromatic carbocycles. The molecule has 21 heavy (non-hydrogen) atoms. The lowest BCUT2D eigenvalue weighted by molar-refractivity contribution is 0.544. The van der Waals surface area contributed by atoms with E-state index >= 15 is 0 Å². The molecule has 0 saturated heterocycles. The third-order valence-electron chi connectivity index (χ3n) is 3.12. The van der Waals surface area contributed by atoms with Crippen molar-refractivity contribution in [2.24, 2.45) is 0 Å². The van der Waals surface area contributed by atoms with E-state index in [2.05, 4.69) is 55.5 Å². The van der Waals surface area contributed by atoms with Gasteiger partial charge in [-0.05, 0) is 44.9 Å². The minimum atomic E-state index is 0.601. The molecule has 0 unspecified atom stereocenters. The van der Waals surface area contributed by atoms with E-state index in [4.69, 9.17) is 0 Å². The van der Waals surface area contributed by atoms with Crippen LogP contribution in [0.2, 0.25) is 0 Å². The number of allylic oxidation sites excluding steroid dienone is 8. The Hall–Kier alpha value is -1.37. The molecule has 0 rings (SSSR count). The fourth-order valence-electron chi connectivity index (χ4n) is 1.91. The lowest BCUT2D eigenvalue weighted by Crippen LogP contribution is -1.78. The molecule has 0 bridgehead atoms. The van der Waals surface area contributed by atoms with Crippen LogP contribution in [0.15, 0.2) is 48.6 Å². The second-order valence-electron chi connectivity index (χ2n) is 5.10. The largest absolute Gasteiger partial charge is 0.291 e. The molecule has 0 aliphatic rings. The van der Waals surface area contributed by atoms with Gasteiger partial charge < -0.3 is 0 Å². The highest BCUT2D eigenvalue weighted by Crippen LogP contribution is 2.05. The lowest BCUT2D eigenvalue weighted by Gasteiger charge is -1.95. The summed E-state index contributed by atoms with van der Waals surface area (Å²) in [5.74, 6) is 0. The van der Waals surface area contributed by atoms with Gasteiger partial charge in [0.15, 0.2) is 6.29 Å². The summed E-state index contributed by atoms with van der Waals surface area (Å²) in [6, 6.07) is 0. The quantitative estimate of drug-likeness (QED) is 0.273. The van der Waals surface area contributed by atoms with Crippen LogP contribution in [0.3, 0.4) is 0 Å². The average Bonchev–Trinajstić information content (AvgIpc) is 2.50. The van der Waals surface area contributed by atoms with E-state index in [0.29, 0.717) is 6.42 Å². The SMILES string of the molecule is CC/C=C/C/C=C/C/C=C/C/C=C/CCCCCC[C]=O. The van der Waals surface area contributed by atoms with Crippen LogP contribution in [0.5, 0.6) is 0 Å². The van der Waals surface area contributed by atoms with Gasteiger partial charge in [-0.15, -0.1) is 0 Å². The highest BCUT2D eigenvalue weighted by atomic mass is 16.1. The first-order valence-electron chi connectivity index (χ1n) is 8.36. The predicted octanol–water partition coefficient (Wildman–Crippen LogP) is 6.24. The maximum absolute atomic E-state index is 10.0. The van der Waals surface area contributed by atoms with Gasteiger partial charge in [-0.1, -0.05) is 68.4 Å². The van der Waals surface area contributed by atoms with Crippen molar-refractivity contribution in [1.29, 1.82) is 0 Å². The third kappa shape index (κ3) is 18.6. The van der Waals surface area contributed by atoms with Gasteiger partial charge in [0.05, 0.1) is 0 Å². The monoisotopic (exact) mass is 287 g/mol. The fraction of sp³-hybridized carbons (Fsp3) is 0.550. The normalized spacial score (nSPS) is 12.4. The second kappa shape index (κ2) is 18.6. The summed E-state index contributed by atoms with van der Waals surface area (Å²) in [7, 11) is 0. The summed E-state index contributed by atoms with van der Waals surface area (Å²) in [5, 5.41) is 0. The molecule has 1 nitrogen and oxygen atoms in total. The third-order valence-corrected chi connectivity index (χ3v) is 3.12. The molecule has 117 valence electrons. The Labute approximate surface area is 131 Å². The number of rotatable bonds is 14. The van der Waals surface area contributed by atoms with E-state index in [-0.39, 0.29) is 0 Å². The molecule has 0 aliphatic carbocycles. The zero-order valence-electron chi connectivity index (χ0n) is 13.6. The molecule has 0 heterocycles. The van der Waals surface area contributed by atoms with E-state index in [1.54, 1.807) is 0 Å². The Bertz CT molecular complexity index is 321. The molecular weight excluding hydrogens is 256 g/mol. The molecule has 0 spiro atoms. The fourth-order valence-corrected chi connectivity index (χ4v) is 1.91. The number of unbranched alkanes of at least 4 members (excludes halogenated alkanes) is 5.